The average Bonchev–Trinajstić information content (AvgIpc) is 3.56. The molecule has 0 radical (unpaired) electrons. The van der Waals surface area contributed by atoms with Gasteiger partial charge in [0, 0.05) is 40.7 Å². The molecule has 0 spiro atoms. The summed E-state index contributed by atoms with van der Waals surface area (Å²) in [5.74, 6) is 0.829. The van der Waals surface area contributed by atoms with Gasteiger partial charge in [-0.15, -0.1) is 0 Å². The minimum atomic E-state index is -0.676. The number of anilines is 1. The van der Waals surface area contributed by atoms with Crippen molar-refractivity contribution in [3.63, 3.8) is 0 Å². The number of hydrogen-bond donors (Lipinski definition) is 2. The third-order valence-corrected chi connectivity index (χ3v) is 8.50. The fraction of sp³-hybridized carbons (Fsp3) is 0.171. The lowest BCUT2D eigenvalue weighted by Gasteiger charge is -2.36. The maximum atomic E-state index is 14.1. The van der Waals surface area contributed by atoms with Crippen LogP contribution in [0.3, 0.4) is 0 Å². The van der Waals surface area contributed by atoms with Crippen molar-refractivity contribution in [1.29, 1.82) is 0 Å². The summed E-state index contributed by atoms with van der Waals surface area (Å²) in [5, 5.41) is 3.95. The molecule has 220 valence electrons. The van der Waals surface area contributed by atoms with Crippen molar-refractivity contribution in [2.45, 2.75) is 25.0 Å². The minimum Gasteiger partial charge on any atom is -0.497 e. The van der Waals surface area contributed by atoms with Gasteiger partial charge in [0.2, 0.25) is 0 Å². The van der Waals surface area contributed by atoms with Gasteiger partial charge in [-0.25, -0.2) is 9.69 Å². The lowest BCUT2D eigenvalue weighted by Crippen LogP contribution is -2.44. The maximum Gasteiger partial charge on any atom is 0.332 e. The third kappa shape index (κ3) is 4.44. The quantitative estimate of drug-likeness (QED) is 0.242. The van der Waals surface area contributed by atoms with Crippen LogP contribution < -0.4 is 19.7 Å². The van der Waals surface area contributed by atoms with E-state index in [0.717, 1.165) is 33.3 Å². The molecule has 44 heavy (non-hydrogen) atoms. The molecule has 4 amide bonds. The van der Waals surface area contributed by atoms with Gasteiger partial charge in [-0.3, -0.25) is 14.5 Å². The molecule has 1 unspecified atom stereocenters. The Labute approximate surface area is 254 Å². The molecule has 2 aliphatic heterocycles. The maximum absolute atomic E-state index is 14.1. The first kappa shape index (κ1) is 27.3. The molecule has 7 rings (SSSR count). The number of para-hydroxylation sites is 2. The zero-order valence-electron chi connectivity index (χ0n) is 24.2. The van der Waals surface area contributed by atoms with Crippen LogP contribution in [0.5, 0.6) is 11.5 Å². The van der Waals surface area contributed by atoms with Crippen LogP contribution in [0.4, 0.5) is 10.5 Å². The summed E-state index contributed by atoms with van der Waals surface area (Å²) in [4.78, 5) is 47.5. The molecule has 0 aliphatic carbocycles. The summed E-state index contributed by atoms with van der Waals surface area (Å²) < 4.78 is 10.7. The van der Waals surface area contributed by atoms with Gasteiger partial charge in [0.25, 0.3) is 11.8 Å². The second-order valence-electron chi connectivity index (χ2n) is 10.9. The topological polar surface area (TPSA) is 104 Å². The summed E-state index contributed by atoms with van der Waals surface area (Å²) >= 11 is 0. The third-order valence-electron chi connectivity index (χ3n) is 8.50. The lowest BCUT2D eigenvalue weighted by molar-refractivity contribution is -0.120. The monoisotopic (exact) mass is 586 g/mol. The number of carbonyl (C=O) groups excluding carboxylic acids is 3. The van der Waals surface area contributed by atoms with E-state index in [1.54, 1.807) is 43.4 Å². The number of aromatic nitrogens is 1. The number of nitrogens with zero attached hydrogens (tertiary/aromatic N) is 2. The Morgan fingerprint density at radius 3 is 2.36 bits per heavy atom. The molecule has 2 N–H and O–H groups in total. The first-order valence-corrected chi connectivity index (χ1v) is 14.4. The number of benzene rings is 4. The van der Waals surface area contributed by atoms with Crippen LogP contribution in [-0.4, -0.2) is 48.0 Å². The number of hydrogen-bond acceptors (Lipinski definition) is 5. The van der Waals surface area contributed by atoms with E-state index in [9.17, 15) is 14.4 Å². The second kappa shape index (κ2) is 10.9. The van der Waals surface area contributed by atoms with Crippen molar-refractivity contribution in [3.8, 4) is 11.5 Å². The van der Waals surface area contributed by atoms with E-state index < -0.39 is 18.1 Å². The number of aromatic amines is 1. The second-order valence-corrected chi connectivity index (χ2v) is 10.9. The van der Waals surface area contributed by atoms with Crippen LogP contribution in [0.15, 0.2) is 97.1 Å². The smallest absolute Gasteiger partial charge is 0.332 e. The summed E-state index contributed by atoms with van der Waals surface area (Å²) in [6.45, 7) is 0.298. The minimum absolute atomic E-state index is 0.274. The molecule has 1 aromatic heterocycles. The number of ether oxygens (including phenoxy) is 2. The van der Waals surface area contributed by atoms with Gasteiger partial charge in [-0.1, -0.05) is 48.5 Å². The van der Waals surface area contributed by atoms with Gasteiger partial charge >= 0.3 is 6.03 Å². The van der Waals surface area contributed by atoms with Gasteiger partial charge in [0.1, 0.15) is 23.6 Å². The van der Waals surface area contributed by atoms with E-state index >= 15 is 0 Å². The highest BCUT2D eigenvalue weighted by Crippen LogP contribution is 2.45. The predicted molar refractivity (Wildman–Crippen MR) is 166 cm³/mol. The Hall–Kier alpha value is -5.57. The Bertz CT molecular complexity index is 1900. The molecule has 1 fully saturated rings. The van der Waals surface area contributed by atoms with E-state index in [-0.39, 0.29) is 11.8 Å². The van der Waals surface area contributed by atoms with Crippen molar-refractivity contribution < 1.29 is 23.9 Å². The summed E-state index contributed by atoms with van der Waals surface area (Å²) in [6, 6.07) is 28.0. The predicted octanol–water partition coefficient (Wildman–Crippen LogP) is 5.60. The van der Waals surface area contributed by atoms with Crippen LogP contribution in [0.25, 0.3) is 10.9 Å². The first-order chi connectivity index (χ1) is 21.5. The molecule has 9 nitrogen and oxygen atoms in total. The average molecular weight is 587 g/mol. The van der Waals surface area contributed by atoms with E-state index in [0.29, 0.717) is 35.7 Å². The SMILES string of the molecule is COc1ccc(C2c3[nH]c4ccccc4c3C[C@H]3C(=O)N(c4ccc(C(=O)NCc5ccccc5OC)cc4)C(=O)N23)cc1. The lowest BCUT2D eigenvalue weighted by atomic mass is 9.89. The van der Waals surface area contributed by atoms with Crippen molar-refractivity contribution in [3.05, 3.63) is 125 Å². The Balaban J connectivity index is 1.18. The van der Waals surface area contributed by atoms with Crippen molar-refractivity contribution in [2.75, 3.05) is 19.1 Å². The zero-order valence-corrected chi connectivity index (χ0v) is 24.2. The van der Waals surface area contributed by atoms with E-state index in [1.807, 2.05) is 72.8 Å². The molecular weight excluding hydrogens is 556 g/mol. The van der Waals surface area contributed by atoms with Crippen molar-refractivity contribution >= 4 is 34.4 Å². The van der Waals surface area contributed by atoms with Gasteiger partial charge in [-0.2, -0.15) is 0 Å². The van der Waals surface area contributed by atoms with E-state index in [1.165, 1.54) is 4.90 Å². The number of methoxy groups -OCH3 is 2. The summed E-state index contributed by atoms with van der Waals surface area (Å²) in [5.41, 5.74) is 5.46. The number of imide groups is 1. The molecule has 0 saturated carbocycles. The van der Waals surface area contributed by atoms with Gasteiger partial charge in [0.05, 0.1) is 19.9 Å². The molecule has 2 atom stereocenters. The molecule has 1 saturated heterocycles. The van der Waals surface area contributed by atoms with Crippen molar-refractivity contribution in [2.24, 2.45) is 0 Å². The molecule has 5 aromatic rings. The molecule has 3 heterocycles. The highest BCUT2D eigenvalue weighted by molar-refractivity contribution is 6.22. The van der Waals surface area contributed by atoms with Gasteiger partial charge < -0.3 is 19.8 Å². The Morgan fingerprint density at radius 2 is 1.61 bits per heavy atom. The Kier molecular flexibility index (Phi) is 6.77. The number of amides is 4. The number of urea groups is 1. The molecule has 9 heteroatoms. The standard InChI is InChI=1S/C35H30N4O5/c1-43-25-17-13-21(14-18-25)32-31-27(26-8-4-5-9-28(26)37-31)19-29-34(41)38(35(42)39(29)32)24-15-11-22(12-16-24)33(40)36-20-23-7-3-6-10-30(23)44-2/h3-18,29,32,37H,19-20H2,1-2H3,(H,36,40)/t29-,32?/m0/s1. The normalized spacial score (nSPS) is 17.4. The van der Waals surface area contributed by atoms with Gasteiger partial charge in [-0.05, 0) is 59.7 Å². The first-order valence-electron chi connectivity index (χ1n) is 14.4. The van der Waals surface area contributed by atoms with Crippen molar-refractivity contribution in [1.82, 2.24) is 15.2 Å². The number of nitrogens with one attached hydrogen (secondary N) is 2. The highest BCUT2D eigenvalue weighted by atomic mass is 16.5. The van der Waals surface area contributed by atoms with Crippen LogP contribution in [0, 0.1) is 0 Å². The molecule has 4 aromatic carbocycles. The Morgan fingerprint density at radius 1 is 0.886 bits per heavy atom. The largest absolute Gasteiger partial charge is 0.497 e. The summed E-state index contributed by atoms with van der Waals surface area (Å²) in [7, 11) is 3.20. The zero-order chi connectivity index (χ0) is 30.4. The fourth-order valence-corrected chi connectivity index (χ4v) is 6.33. The fourth-order valence-electron chi connectivity index (χ4n) is 6.33. The van der Waals surface area contributed by atoms with Gasteiger partial charge in [0.15, 0.2) is 0 Å². The number of H-pyrrole nitrogens is 1. The van der Waals surface area contributed by atoms with Crippen LogP contribution in [0.2, 0.25) is 0 Å². The van der Waals surface area contributed by atoms with E-state index in [4.69, 9.17) is 9.47 Å². The van der Waals surface area contributed by atoms with Crippen LogP contribution >= 0.6 is 0 Å². The molecule has 0 bridgehead atoms. The van der Waals surface area contributed by atoms with Crippen LogP contribution in [0.1, 0.15) is 38.8 Å². The number of fused-ring (bicyclic) bond motifs is 4. The van der Waals surface area contributed by atoms with Crippen LogP contribution in [-0.2, 0) is 17.8 Å². The summed E-state index contributed by atoms with van der Waals surface area (Å²) in [6.07, 6.45) is 0.399. The number of rotatable bonds is 7. The highest BCUT2D eigenvalue weighted by Gasteiger charge is 2.53. The molecular formula is C35H30N4O5. The number of carbonyl (C=O) groups is 3. The molecule has 2 aliphatic rings. The van der Waals surface area contributed by atoms with E-state index in [2.05, 4.69) is 10.3 Å².